The van der Waals surface area contributed by atoms with Crippen LogP contribution in [0.2, 0.25) is 0 Å². The first kappa shape index (κ1) is 19.9. The number of thiazole rings is 1. The maximum absolute atomic E-state index is 10.9. The van der Waals surface area contributed by atoms with E-state index in [2.05, 4.69) is 29.5 Å². The Hall–Kier alpha value is -2.90. The average molecular weight is 397 g/mol. The third-order valence-electron chi connectivity index (χ3n) is 4.25. The fourth-order valence-electron chi connectivity index (χ4n) is 2.65. The molecule has 1 aromatic heterocycles. The summed E-state index contributed by atoms with van der Waals surface area (Å²) in [6.45, 7) is 5.28. The number of hydrogen-bond acceptors (Lipinski definition) is 5. The number of aromatic nitrogens is 1. The summed E-state index contributed by atoms with van der Waals surface area (Å²) in [4.78, 5) is 15.5. The molecule has 1 heterocycles. The zero-order valence-corrected chi connectivity index (χ0v) is 16.8. The van der Waals surface area contributed by atoms with Crippen molar-refractivity contribution in [2.75, 3.05) is 5.32 Å². The molecule has 0 bridgehead atoms. The third kappa shape index (κ3) is 5.80. The third-order valence-corrected chi connectivity index (χ3v) is 5.12. The van der Waals surface area contributed by atoms with Crippen LogP contribution in [0.25, 0.3) is 0 Å². The molecule has 146 valence electrons. The Kier molecular flexibility index (Phi) is 6.62. The molecular weight excluding hydrogens is 372 g/mol. The Balaban J connectivity index is 1.48. The van der Waals surface area contributed by atoms with Crippen LogP contribution in [0.15, 0.2) is 53.9 Å². The minimum absolute atomic E-state index is 0.150. The SMILES string of the molecule is Cc1ccc(OCc2nc(CN[C@H](C)c3ccc(NC(N)=O)cc3)cs2)cc1. The quantitative estimate of drug-likeness (QED) is 0.527. The van der Waals surface area contributed by atoms with Crippen LogP contribution in [0.1, 0.15) is 34.8 Å². The van der Waals surface area contributed by atoms with E-state index in [-0.39, 0.29) is 6.04 Å². The molecule has 6 nitrogen and oxygen atoms in total. The molecule has 4 N–H and O–H groups in total. The number of nitrogens with one attached hydrogen (secondary N) is 2. The number of primary amides is 1. The van der Waals surface area contributed by atoms with Gasteiger partial charge in [-0.3, -0.25) is 0 Å². The van der Waals surface area contributed by atoms with Gasteiger partial charge in [0, 0.05) is 23.7 Å². The lowest BCUT2D eigenvalue weighted by molar-refractivity contribution is 0.259. The standard InChI is InChI=1S/C21H24N4O2S/c1-14-3-9-19(10-4-14)27-12-20-24-18(13-28-20)11-23-15(2)16-5-7-17(8-6-16)25-21(22)26/h3-10,13,15,23H,11-12H2,1-2H3,(H3,22,25,26)/t15-/m1/s1. The Morgan fingerprint density at radius 1 is 1.18 bits per heavy atom. The number of benzene rings is 2. The summed E-state index contributed by atoms with van der Waals surface area (Å²) in [5, 5.41) is 9.02. The minimum Gasteiger partial charge on any atom is -0.486 e. The topological polar surface area (TPSA) is 89.3 Å². The Morgan fingerprint density at radius 3 is 2.57 bits per heavy atom. The van der Waals surface area contributed by atoms with Gasteiger partial charge in [-0.05, 0) is 43.7 Å². The molecule has 0 unspecified atom stereocenters. The van der Waals surface area contributed by atoms with E-state index >= 15 is 0 Å². The molecule has 0 fully saturated rings. The van der Waals surface area contributed by atoms with Crippen molar-refractivity contribution in [2.45, 2.75) is 33.0 Å². The average Bonchev–Trinajstić information content (AvgIpc) is 3.14. The van der Waals surface area contributed by atoms with Crippen molar-refractivity contribution in [3.8, 4) is 5.75 Å². The monoisotopic (exact) mass is 396 g/mol. The summed E-state index contributed by atoms with van der Waals surface area (Å²) >= 11 is 1.60. The van der Waals surface area contributed by atoms with Gasteiger partial charge < -0.3 is 21.1 Å². The molecule has 0 saturated carbocycles. The summed E-state index contributed by atoms with van der Waals surface area (Å²) in [6.07, 6.45) is 0. The summed E-state index contributed by atoms with van der Waals surface area (Å²) in [7, 11) is 0. The van der Waals surface area contributed by atoms with Gasteiger partial charge in [-0.25, -0.2) is 9.78 Å². The maximum Gasteiger partial charge on any atom is 0.316 e. The number of rotatable bonds is 8. The summed E-state index contributed by atoms with van der Waals surface area (Å²) in [5.41, 5.74) is 9.12. The number of carbonyl (C=O) groups is 1. The number of ether oxygens (including phenoxy) is 1. The van der Waals surface area contributed by atoms with E-state index in [1.807, 2.05) is 53.9 Å². The molecule has 0 spiro atoms. The molecule has 0 aliphatic carbocycles. The van der Waals surface area contributed by atoms with Crippen molar-refractivity contribution in [2.24, 2.45) is 5.73 Å². The highest BCUT2D eigenvalue weighted by atomic mass is 32.1. The second-order valence-electron chi connectivity index (χ2n) is 6.55. The van der Waals surface area contributed by atoms with E-state index in [0.717, 1.165) is 22.0 Å². The van der Waals surface area contributed by atoms with Gasteiger partial charge in [0.15, 0.2) is 0 Å². The van der Waals surface area contributed by atoms with E-state index in [1.54, 1.807) is 11.3 Å². The largest absolute Gasteiger partial charge is 0.486 e. The number of hydrogen-bond donors (Lipinski definition) is 3. The van der Waals surface area contributed by atoms with E-state index in [1.165, 1.54) is 5.56 Å². The van der Waals surface area contributed by atoms with E-state index in [9.17, 15) is 4.79 Å². The van der Waals surface area contributed by atoms with Crippen molar-refractivity contribution >= 4 is 23.1 Å². The number of amides is 2. The van der Waals surface area contributed by atoms with Crippen LogP contribution in [0, 0.1) is 6.92 Å². The number of nitrogens with two attached hydrogens (primary N) is 1. The molecular formula is C21H24N4O2S. The lowest BCUT2D eigenvalue weighted by atomic mass is 10.1. The highest BCUT2D eigenvalue weighted by Gasteiger charge is 2.08. The Bertz CT molecular complexity index is 907. The van der Waals surface area contributed by atoms with Crippen molar-refractivity contribution in [1.29, 1.82) is 0 Å². The van der Waals surface area contributed by atoms with Crippen molar-refractivity contribution in [3.05, 3.63) is 75.7 Å². The number of carbonyl (C=O) groups excluding carboxylic acids is 1. The zero-order chi connectivity index (χ0) is 19.9. The second-order valence-corrected chi connectivity index (χ2v) is 7.49. The second kappa shape index (κ2) is 9.34. The van der Waals surface area contributed by atoms with Gasteiger partial charge in [-0.2, -0.15) is 0 Å². The van der Waals surface area contributed by atoms with Gasteiger partial charge in [-0.15, -0.1) is 11.3 Å². The van der Waals surface area contributed by atoms with Crippen molar-refractivity contribution < 1.29 is 9.53 Å². The van der Waals surface area contributed by atoms with Crippen LogP contribution >= 0.6 is 11.3 Å². The van der Waals surface area contributed by atoms with Crippen LogP contribution in [0.5, 0.6) is 5.75 Å². The van der Waals surface area contributed by atoms with Crippen LogP contribution in [0.3, 0.4) is 0 Å². The zero-order valence-electron chi connectivity index (χ0n) is 15.9. The van der Waals surface area contributed by atoms with E-state index in [0.29, 0.717) is 18.8 Å². The molecule has 3 rings (SSSR count). The lowest BCUT2D eigenvalue weighted by Crippen LogP contribution is -2.20. The predicted molar refractivity (Wildman–Crippen MR) is 113 cm³/mol. The lowest BCUT2D eigenvalue weighted by Gasteiger charge is -2.14. The number of nitrogens with zero attached hydrogens (tertiary/aromatic N) is 1. The van der Waals surface area contributed by atoms with Crippen molar-refractivity contribution in [3.63, 3.8) is 0 Å². The fraction of sp³-hybridized carbons (Fsp3) is 0.238. The van der Waals surface area contributed by atoms with Crippen LogP contribution in [-0.4, -0.2) is 11.0 Å². The molecule has 0 radical (unpaired) electrons. The van der Waals surface area contributed by atoms with Crippen LogP contribution in [0.4, 0.5) is 10.5 Å². The van der Waals surface area contributed by atoms with Gasteiger partial charge >= 0.3 is 6.03 Å². The first-order valence-corrected chi connectivity index (χ1v) is 9.90. The fourth-order valence-corrected chi connectivity index (χ4v) is 3.35. The minimum atomic E-state index is -0.565. The van der Waals surface area contributed by atoms with Crippen LogP contribution in [-0.2, 0) is 13.2 Å². The predicted octanol–water partition coefficient (Wildman–Crippen LogP) is 4.37. The molecule has 2 amide bonds. The van der Waals surface area contributed by atoms with Gasteiger partial charge in [0.1, 0.15) is 17.4 Å². The van der Waals surface area contributed by atoms with Gasteiger partial charge in [0.05, 0.1) is 5.69 Å². The van der Waals surface area contributed by atoms with E-state index in [4.69, 9.17) is 10.5 Å². The summed E-state index contributed by atoms with van der Waals surface area (Å²) in [5.74, 6) is 0.850. The summed E-state index contributed by atoms with van der Waals surface area (Å²) in [6, 6.07) is 15.2. The molecule has 0 aliphatic heterocycles. The maximum atomic E-state index is 10.9. The smallest absolute Gasteiger partial charge is 0.316 e. The van der Waals surface area contributed by atoms with Gasteiger partial charge in [0.25, 0.3) is 0 Å². The van der Waals surface area contributed by atoms with Crippen molar-refractivity contribution in [1.82, 2.24) is 10.3 Å². The number of urea groups is 1. The molecule has 28 heavy (non-hydrogen) atoms. The van der Waals surface area contributed by atoms with Gasteiger partial charge in [0.2, 0.25) is 0 Å². The molecule has 3 aromatic rings. The highest BCUT2D eigenvalue weighted by Crippen LogP contribution is 2.18. The van der Waals surface area contributed by atoms with Gasteiger partial charge in [-0.1, -0.05) is 29.8 Å². The Morgan fingerprint density at radius 2 is 1.89 bits per heavy atom. The van der Waals surface area contributed by atoms with E-state index < -0.39 is 6.03 Å². The first-order chi connectivity index (χ1) is 13.5. The molecule has 1 atom stereocenters. The summed E-state index contributed by atoms with van der Waals surface area (Å²) < 4.78 is 5.78. The molecule has 0 aliphatic rings. The molecule has 7 heteroatoms. The molecule has 0 saturated heterocycles. The molecule has 2 aromatic carbocycles. The highest BCUT2D eigenvalue weighted by molar-refractivity contribution is 7.09. The van der Waals surface area contributed by atoms with Crippen LogP contribution < -0.4 is 21.1 Å². The normalized spacial score (nSPS) is 11.8. The number of aryl methyl sites for hydroxylation is 1. The first-order valence-electron chi connectivity index (χ1n) is 9.02. The number of anilines is 1. The Labute approximate surface area is 168 Å².